The summed E-state index contributed by atoms with van der Waals surface area (Å²) in [6, 6.07) is 4.15. The lowest BCUT2D eigenvalue weighted by atomic mass is 10.2. The van der Waals surface area contributed by atoms with Crippen LogP contribution in [0.5, 0.6) is 0 Å². The minimum absolute atomic E-state index is 0.0297. The van der Waals surface area contributed by atoms with Crippen LogP contribution in [0.25, 0.3) is 11.4 Å². The normalized spacial score (nSPS) is 11.8. The topological polar surface area (TPSA) is 54.8 Å². The summed E-state index contributed by atoms with van der Waals surface area (Å²) < 4.78 is 40.2. The zero-order valence-corrected chi connectivity index (χ0v) is 15.6. The van der Waals surface area contributed by atoms with Gasteiger partial charge in [0.25, 0.3) is 0 Å². The van der Waals surface area contributed by atoms with E-state index < -0.39 is 11.9 Å². The Morgan fingerprint density at radius 3 is 2.44 bits per heavy atom. The minimum atomic E-state index is -4.56. The number of hydrogen-bond donors (Lipinski definition) is 0. The Labute approximate surface area is 159 Å². The van der Waals surface area contributed by atoms with E-state index >= 15 is 0 Å². The van der Waals surface area contributed by atoms with Crippen molar-refractivity contribution in [2.45, 2.75) is 32.5 Å². The average molecular weight is 393 g/mol. The molecule has 0 radical (unpaired) electrons. The van der Waals surface area contributed by atoms with Crippen molar-refractivity contribution in [1.29, 1.82) is 0 Å². The number of anilines is 1. The maximum Gasteiger partial charge on any atom is 0.433 e. The molecule has 0 spiro atoms. The smallest absolute Gasteiger partial charge is 0.354 e. The highest BCUT2D eigenvalue weighted by Gasteiger charge is 2.34. The number of aromatic nitrogens is 4. The summed E-state index contributed by atoms with van der Waals surface area (Å²) in [6.07, 6.45) is 0.791. The first kappa shape index (κ1) is 19.2. The number of nitrogens with zero attached hydrogens (tertiary/aromatic N) is 5. The number of alkyl halides is 3. The Hall–Kier alpha value is -2.55. The Bertz CT molecular complexity index is 866. The van der Waals surface area contributed by atoms with Gasteiger partial charge in [-0.25, -0.2) is 15.0 Å². The van der Waals surface area contributed by atoms with E-state index in [1.807, 2.05) is 24.1 Å². The highest BCUT2D eigenvalue weighted by Crippen LogP contribution is 2.32. The maximum absolute atomic E-state index is 13.4. The van der Waals surface area contributed by atoms with Crippen LogP contribution in [-0.4, -0.2) is 32.5 Å². The van der Waals surface area contributed by atoms with Gasteiger partial charge in [-0.3, -0.25) is 4.98 Å². The lowest BCUT2D eigenvalue weighted by Gasteiger charge is -2.28. The number of thiazole rings is 1. The summed E-state index contributed by atoms with van der Waals surface area (Å²) in [5.41, 5.74) is -0.472. The Balaban J connectivity index is 2.00. The first-order valence-corrected chi connectivity index (χ1v) is 9.24. The van der Waals surface area contributed by atoms with Crippen molar-refractivity contribution < 1.29 is 13.2 Å². The molecule has 0 fully saturated rings. The number of halogens is 3. The van der Waals surface area contributed by atoms with Crippen molar-refractivity contribution in [2.24, 2.45) is 0 Å². The molecule has 9 heteroatoms. The van der Waals surface area contributed by atoms with Crippen LogP contribution in [0.2, 0.25) is 0 Å². The van der Waals surface area contributed by atoms with Crippen LogP contribution in [0.1, 0.15) is 24.5 Å². The molecule has 0 atom stereocenters. The summed E-state index contributed by atoms with van der Waals surface area (Å²) >= 11 is 1.52. The van der Waals surface area contributed by atoms with E-state index in [0.29, 0.717) is 18.5 Å². The molecule has 3 heterocycles. The standard InChI is InChI=1S/C18H18F3N5S/c1-12(2)26(9-5-16-23-8-10-27-16)15-11-14(18(19,20)21)24-17(25-15)13-3-6-22-7-4-13/h3-4,6-8,10-12H,5,9H2,1-2H3. The maximum atomic E-state index is 13.4. The average Bonchev–Trinajstić information content (AvgIpc) is 3.15. The van der Waals surface area contributed by atoms with Crippen LogP contribution in [0.3, 0.4) is 0 Å². The molecule has 3 rings (SSSR count). The van der Waals surface area contributed by atoms with E-state index in [2.05, 4.69) is 19.9 Å². The third-order valence-electron chi connectivity index (χ3n) is 3.91. The van der Waals surface area contributed by atoms with Gasteiger partial charge in [0.2, 0.25) is 0 Å². The molecule has 142 valence electrons. The monoisotopic (exact) mass is 393 g/mol. The van der Waals surface area contributed by atoms with E-state index in [4.69, 9.17) is 0 Å². The second kappa shape index (κ2) is 7.99. The molecule has 0 unspecified atom stereocenters. The quantitative estimate of drug-likeness (QED) is 0.618. The van der Waals surface area contributed by atoms with E-state index in [9.17, 15) is 13.2 Å². The molecule has 0 N–H and O–H groups in total. The third kappa shape index (κ3) is 4.79. The van der Waals surface area contributed by atoms with Gasteiger partial charge in [0, 0.05) is 54.6 Å². The highest BCUT2D eigenvalue weighted by atomic mass is 32.1. The molecule has 5 nitrogen and oxygen atoms in total. The summed E-state index contributed by atoms with van der Waals surface area (Å²) in [7, 11) is 0. The molecule has 0 aromatic carbocycles. The molecule has 0 saturated carbocycles. The molecular formula is C18H18F3N5S. The Kier molecular flexibility index (Phi) is 5.69. The summed E-state index contributed by atoms with van der Waals surface area (Å²) in [4.78, 5) is 18.1. The van der Waals surface area contributed by atoms with Crippen molar-refractivity contribution in [3.8, 4) is 11.4 Å². The fourth-order valence-corrected chi connectivity index (χ4v) is 3.20. The van der Waals surface area contributed by atoms with E-state index in [-0.39, 0.29) is 17.7 Å². The molecule has 0 bridgehead atoms. The first-order valence-electron chi connectivity index (χ1n) is 8.36. The van der Waals surface area contributed by atoms with E-state index in [1.165, 1.54) is 23.7 Å². The molecule has 0 saturated heterocycles. The van der Waals surface area contributed by atoms with E-state index in [1.54, 1.807) is 18.3 Å². The van der Waals surface area contributed by atoms with Crippen LogP contribution in [0.15, 0.2) is 42.2 Å². The largest absolute Gasteiger partial charge is 0.433 e. The first-order chi connectivity index (χ1) is 12.8. The Morgan fingerprint density at radius 2 is 1.85 bits per heavy atom. The predicted octanol–water partition coefficient (Wildman–Crippen LogP) is 4.47. The zero-order chi connectivity index (χ0) is 19.4. The second-order valence-electron chi connectivity index (χ2n) is 6.13. The summed E-state index contributed by atoms with van der Waals surface area (Å²) in [6.45, 7) is 4.35. The summed E-state index contributed by atoms with van der Waals surface area (Å²) in [5.74, 6) is 0.276. The molecule has 0 amide bonds. The van der Waals surface area contributed by atoms with Crippen molar-refractivity contribution in [2.75, 3.05) is 11.4 Å². The molecule has 3 aromatic rings. The van der Waals surface area contributed by atoms with Gasteiger partial charge in [0.1, 0.15) is 5.82 Å². The van der Waals surface area contributed by atoms with Crippen LogP contribution in [-0.2, 0) is 12.6 Å². The predicted molar refractivity (Wildman–Crippen MR) is 98.6 cm³/mol. The lowest BCUT2D eigenvalue weighted by Crippen LogP contribution is -2.34. The second-order valence-corrected chi connectivity index (χ2v) is 7.11. The zero-order valence-electron chi connectivity index (χ0n) is 14.8. The van der Waals surface area contributed by atoms with Crippen molar-refractivity contribution in [3.05, 3.63) is 52.9 Å². The van der Waals surface area contributed by atoms with Crippen molar-refractivity contribution in [3.63, 3.8) is 0 Å². The highest BCUT2D eigenvalue weighted by molar-refractivity contribution is 7.09. The van der Waals surface area contributed by atoms with Crippen molar-refractivity contribution in [1.82, 2.24) is 19.9 Å². The number of hydrogen-bond acceptors (Lipinski definition) is 6. The van der Waals surface area contributed by atoms with E-state index in [0.717, 1.165) is 11.1 Å². The third-order valence-corrected chi connectivity index (χ3v) is 4.75. The SMILES string of the molecule is CC(C)N(CCc1nccs1)c1cc(C(F)(F)F)nc(-c2ccncc2)n1. The van der Waals surface area contributed by atoms with Crippen LogP contribution in [0, 0.1) is 0 Å². The molecule has 0 aliphatic heterocycles. The van der Waals surface area contributed by atoms with Crippen LogP contribution >= 0.6 is 11.3 Å². The summed E-state index contributed by atoms with van der Waals surface area (Å²) in [5, 5.41) is 2.81. The molecular weight excluding hydrogens is 375 g/mol. The number of rotatable bonds is 6. The van der Waals surface area contributed by atoms with Gasteiger partial charge in [-0.15, -0.1) is 11.3 Å². The fourth-order valence-electron chi connectivity index (χ4n) is 2.59. The van der Waals surface area contributed by atoms with Crippen molar-refractivity contribution >= 4 is 17.2 Å². The van der Waals surface area contributed by atoms with Gasteiger partial charge >= 0.3 is 6.18 Å². The van der Waals surface area contributed by atoms with Crippen LogP contribution in [0.4, 0.5) is 19.0 Å². The molecule has 27 heavy (non-hydrogen) atoms. The van der Waals surface area contributed by atoms with Gasteiger partial charge in [-0.2, -0.15) is 13.2 Å². The minimum Gasteiger partial charge on any atom is -0.354 e. The molecule has 0 aliphatic carbocycles. The van der Waals surface area contributed by atoms with Gasteiger partial charge in [-0.05, 0) is 26.0 Å². The molecule has 0 aliphatic rings. The van der Waals surface area contributed by atoms with Gasteiger partial charge in [-0.1, -0.05) is 0 Å². The van der Waals surface area contributed by atoms with Gasteiger partial charge in [0.15, 0.2) is 11.5 Å². The number of pyridine rings is 1. The van der Waals surface area contributed by atoms with Gasteiger partial charge < -0.3 is 4.90 Å². The molecule has 3 aromatic heterocycles. The fraction of sp³-hybridized carbons (Fsp3) is 0.333. The van der Waals surface area contributed by atoms with Gasteiger partial charge in [0.05, 0.1) is 5.01 Å². The van der Waals surface area contributed by atoms with Crippen LogP contribution < -0.4 is 4.90 Å². The Morgan fingerprint density at radius 1 is 1.11 bits per heavy atom. The lowest BCUT2D eigenvalue weighted by molar-refractivity contribution is -0.141.